The third kappa shape index (κ3) is 3.69. The highest BCUT2D eigenvalue weighted by Crippen LogP contribution is 2.27. The Hall–Kier alpha value is -1.26. The van der Waals surface area contributed by atoms with Crippen molar-refractivity contribution in [2.75, 3.05) is 31.6 Å². The van der Waals surface area contributed by atoms with E-state index in [1.54, 1.807) is 12.1 Å². The van der Waals surface area contributed by atoms with Crippen LogP contribution in [-0.2, 0) is 4.74 Å². The Kier molecular flexibility index (Phi) is 5.12. The maximum Gasteiger partial charge on any atom is 0.256 e. The number of halogens is 1. The topological polar surface area (TPSA) is 41.6 Å². The first-order valence-electron chi connectivity index (χ1n) is 7.39. The van der Waals surface area contributed by atoms with Crippen molar-refractivity contribution in [3.05, 3.63) is 28.8 Å². The molecule has 0 bridgehead atoms. The summed E-state index contributed by atoms with van der Waals surface area (Å²) >= 11 is 6.08. The van der Waals surface area contributed by atoms with Crippen LogP contribution >= 0.6 is 11.6 Å². The van der Waals surface area contributed by atoms with Gasteiger partial charge in [0.15, 0.2) is 0 Å². The molecular weight excluding hydrogens is 288 g/mol. The molecule has 0 atom stereocenters. The lowest BCUT2D eigenvalue weighted by atomic mass is 10.0. The summed E-state index contributed by atoms with van der Waals surface area (Å²) in [5.74, 6) is 0.00408. The van der Waals surface area contributed by atoms with Crippen LogP contribution in [0.4, 0.5) is 5.69 Å². The molecule has 1 aliphatic heterocycles. The zero-order chi connectivity index (χ0) is 15.5. The molecule has 1 aromatic carbocycles. The second-order valence-electron chi connectivity index (χ2n) is 5.94. The number of hydrogen-bond donors (Lipinski definition) is 1. The highest BCUT2D eigenvalue weighted by atomic mass is 35.5. The largest absolute Gasteiger partial charge is 0.384 e. The second-order valence-corrected chi connectivity index (χ2v) is 6.37. The van der Waals surface area contributed by atoms with Gasteiger partial charge < -0.3 is 15.0 Å². The van der Waals surface area contributed by atoms with Crippen LogP contribution in [0.5, 0.6) is 0 Å². The van der Waals surface area contributed by atoms with Crippen LogP contribution in [0.25, 0.3) is 0 Å². The fraction of sp³-hybridized carbons (Fsp3) is 0.562. The molecule has 1 N–H and O–H groups in total. The highest BCUT2D eigenvalue weighted by molar-refractivity contribution is 6.31. The number of hydrogen-bond acceptors (Lipinski definition) is 3. The van der Waals surface area contributed by atoms with Gasteiger partial charge in [0.05, 0.1) is 24.3 Å². The molecule has 0 spiro atoms. The van der Waals surface area contributed by atoms with Gasteiger partial charge in [0.25, 0.3) is 5.91 Å². The van der Waals surface area contributed by atoms with Crippen LogP contribution in [0.1, 0.15) is 37.6 Å². The van der Waals surface area contributed by atoms with E-state index in [-0.39, 0.29) is 11.4 Å². The van der Waals surface area contributed by atoms with Gasteiger partial charge in [-0.3, -0.25) is 4.79 Å². The number of carbonyl (C=O) groups excluding carboxylic acids is 1. The molecule has 2 rings (SSSR count). The van der Waals surface area contributed by atoms with Crippen molar-refractivity contribution in [1.82, 2.24) is 4.90 Å². The lowest BCUT2D eigenvalue weighted by molar-refractivity contribution is -0.0370. The van der Waals surface area contributed by atoms with Crippen LogP contribution in [-0.4, -0.2) is 42.6 Å². The van der Waals surface area contributed by atoms with Crippen molar-refractivity contribution < 1.29 is 9.53 Å². The molecule has 1 aliphatic rings. The minimum Gasteiger partial charge on any atom is -0.384 e. The first-order chi connectivity index (χ1) is 9.95. The van der Waals surface area contributed by atoms with E-state index in [1.165, 1.54) is 0 Å². The standard InChI is InChI=1S/C16H23ClN2O2/c1-4-7-18-14-6-5-12(17)10-13(14)15(20)19-8-9-21-11-16(19,2)3/h5-6,10,18H,4,7-9,11H2,1-3H3. The quantitative estimate of drug-likeness (QED) is 0.926. The maximum absolute atomic E-state index is 12.9. The van der Waals surface area contributed by atoms with Gasteiger partial charge in [-0.05, 0) is 38.5 Å². The Morgan fingerprint density at radius 3 is 2.90 bits per heavy atom. The van der Waals surface area contributed by atoms with Gasteiger partial charge >= 0.3 is 0 Å². The van der Waals surface area contributed by atoms with Crippen LogP contribution in [0, 0.1) is 0 Å². The van der Waals surface area contributed by atoms with E-state index in [2.05, 4.69) is 12.2 Å². The smallest absolute Gasteiger partial charge is 0.256 e. The summed E-state index contributed by atoms with van der Waals surface area (Å²) in [6.45, 7) is 8.70. The lowest BCUT2D eigenvalue weighted by Gasteiger charge is -2.42. The van der Waals surface area contributed by atoms with E-state index in [0.717, 1.165) is 18.7 Å². The zero-order valence-electron chi connectivity index (χ0n) is 12.9. The molecule has 4 nitrogen and oxygen atoms in total. The number of morpholine rings is 1. The van der Waals surface area contributed by atoms with E-state index in [0.29, 0.717) is 30.3 Å². The van der Waals surface area contributed by atoms with Crippen LogP contribution in [0.15, 0.2) is 18.2 Å². The van der Waals surface area contributed by atoms with Crippen molar-refractivity contribution in [2.45, 2.75) is 32.7 Å². The Morgan fingerprint density at radius 2 is 2.24 bits per heavy atom. The van der Waals surface area contributed by atoms with E-state index in [9.17, 15) is 4.79 Å². The third-order valence-electron chi connectivity index (χ3n) is 3.67. The Bertz CT molecular complexity index is 517. The van der Waals surface area contributed by atoms with E-state index < -0.39 is 0 Å². The Balaban J connectivity index is 2.30. The predicted octanol–water partition coefficient (Wildman–Crippen LogP) is 3.41. The number of ether oxygens (including phenoxy) is 1. The SMILES string of the molecule is CCCNc1ccc(Cl)cc1C(=O)N1CCOCC1(C)C. The number of nitrogens with one attached hydrogen (secondary N) is 1. The minimum atomic E-state index is -0.306. The van der Waals surface area contributed by atoms with Gasteiger partial charge in [0, 0.05) is 23.8 Å². The van der Waals surface area contributed by atoms with Crippen LogP contribution < -0.4 is 5.32 Å². The van der Waals surface area contributed by atoms with Crippen molar-refractivity contribution in [3.8, 4) is 0 Å². The lowest BCUT2D eigenvalue weighted by Crippen LogP contribution is -2.55. The number of amides is 1. The summed E-state index contributed by atoms with van der Waals surface area (Å²) in [6.07, 6.45) is 0.999. The number of nitrogens with zero attached hydrogens (tertiary/aromatic N) is 1. The maximum atomic E-state index is 12.9. The molecule has 116 valence electrons. The summed E-state index contributed by atoms with van der Waals surface area (Å²) in [6, 6.07) is 5.42. The molecule has 21 heavy (non-hydrogen) atoms. The van der Waals surface area contributed by atoms with Crippen molar-refractivity contribution in [3.63, 3.8) is 0 Å². The molecule has 0 saturated carbocycles. The number of rotatable bonds is 4. The molecule has 0 aromatic heterocycles. The average Bonchev–Trinajstić information content (AvgIpc) is 2.45. The fourth-order valence-corrected chi connectivity index (χ4v) is 2.66. The van der Waals surface area contributed by atoms with Gasteiger partial charge in [-0.25, -0.2) is 0 Å². The molecule has 0 unspecified atom stereocenters. The average molecular weight is 311 g/mol. The van der Waals surface area contributed by atoms with Gasteiger partial charge in [-0.1, -0.05) is 18.5 Å². The summed E-state index contributed by atoms with van der Waals surface area (Å²) in [5, 5.41) is 3.88. The summed E-state index contributed by atoms with van der Waals surface area (Å²) in [7, 11) is 0. The van der Waals surface area contributed by atoms with Gasteiger partial charge in [0.2, 0.25) is 0 Å². The monoisotopic (exact) mass is 310 g/mol. The van der Waals surface area contributed by atoms with Crippen LogP contribution in [0.3, 0.4) is 0 Å². The normalized spacial score (nSPS) is 17.6. The van der Waals surface area contributed by atoms with Gasteiger partial charge in [-0.15, -0.1) is 0 Å². The van der Waals surface area contributed by atoms with E-state index >= 15 is 0 Å². The number of anilines is 1. The molecule has 0 radical (unpaired) electrons. The van der Waals surface area contributed by atoms with Gasteiger partial charge in [0.1, 0.15) is 0 Å². The summed E-state index contributed by atoms with van der Waals surface area (Å²) in [4.78, 5) is 14.8. The molecule has 1 fully saturated rings. The molecule has 1 amide bonds. The van der Waals surface area contributed by atoms with E-state index in [1.807, 2.05) is 24.8 Å². The summed E-state index contributed by atoms with van der Waals surface area (Å²) < 4.78 is 5.48. The molecule has 1 saturated heterocycles. The first-order valence-corrected chi connectivity index (χ1v) is 7.76. The Morgan fingerprint density at radius 1 is 1.48 bits per heavy atom. The molecule has 5 heteroatoms. The van der Waals surface area contributed by atoms with Crippen molar-refractivity contribution in [2.24, 2.45) is 0 Å². The molecule has 1 aromatic rings. The van der Waals surface area contributed by atoms with Gasteiger partial charge in [-0.2, -0.15) is 0 Å². The Labute approximate surface area is 131 Å². The minimum absolute atomic E-state index is 0.00408. The zero-order valence-corrected chi connectivity index (χ0v) is 13.7. The molecule has 1 heterocycles. The third-order valence-corrected chi connectivity index (χ3v) is 3.90. The van der Waals surface area contributed by atoms with Crippen LogP contribution in [0.2, 0.25) is 5.02 Å². The summed E-state index contributed by atoms with van der Waals surface area (Å²) in [5.41, 5.74) is 1.17. The highest BCUT2D eigenvalue weighted by Gasteiger charge is 2.35. The second kappa shape index (κ2) is 6.67. The predicted molar refractivity (Wildman–Crippen MR) is 86.2 cm³/mol. The molecular formula is C16H23ClN2O2. The van der Waals surface area contributed by atoms with Crippen molar-refractivity contribution >= 4 is 23.2 Å². The number of benzene rings is 1. The molecule has 0 aliphatic carbocycles. The fourth-order valence-electron chi connectivity index (χ4n) is 2.49. The first kappa shape index (κ1) is 16.1. The van der Waals surface area contributed by atoms with E-state index in [4.69, 9.17) is 16.3 Å². The number of carbonyl (C=O) groups is 1. The van der Waals surface area contributed by atoms with Crippen molar-refractivity contribution in [1.29, 1.82) is 0 Å².